The summed E-state index contributed by atoms with van der Waals surface area (Å²) in [7, 11) is 2.13. The molecule has 3 nitrogen and oxygen atoms in total. The van der Waals surface area contributed by atoms with E-state index >= 15 is 0 Å². The van der Waals surface area contributed by atoms with E-state index in [1.807, 2.05) is 0 Å². The molecule has 0 radical (unpaired) electrons. The van der Waals surface area contributed by atoms with Gasteiger partial charge in [0.2, 0.25) is 0 Å². The van der Waals surface area contributed by atoms with Crippen LogP contribution in [0.2, 0.25) is 0 Å². The average molecular weight is 255 g/mol. The molecule has 2 saturated carbocycles. The van der Waals surface area contributed by atoms with Gasteiger partial charge in [0.15, 0.2) is 0 Å². The molecule has 0 spiro atoms. The Morgan fingerprint density at radius 1 is 1.06 bits per heavy atom. The summed E-state index contributed by atoms with van der Waals surface area (Å²) in [6.07, 6.45) is 9.75. The van der Waals surface area contributed by atoms with E-state index in [4.69, 9.17) is 4.74 Å². The van der Waals surface area contributed by atoms with Crippen molar-refractivity contribution >= 4 is 0 Å². The molecule has 2 aliphatic rings. The maximum absolute atomic E-state index is 10.2. The second-order valence-corrected chi connectivity index (χ2v) is 6.13. The fourth-order valence-corrected chi connectivity index (χ4v) is 2.87. The van der Waals surface area contributed by atoms with Crippen molar-refractivity contribution in [1.82, 2.24) is 4.90 Å². The maximum Gasteiger partial charge on any atom is 0.0695 e. The Balaban J connectivity index is 1.65. The number of hydrogen-bond donors (Lipinski definition) is 1. The number of ether oxygens (including phenoxy) is 1. The van der Waals surface area contributed by atoms with Gasteiger partial charge in [-0.3, -0.25) is 4.90 Å². The highest BCUT2D eigenvalue weighted by Crippen LogP contribution is 2.28. The monoisotopic (exact) mass is 255 g/mol. The lowest BCUT2D eigenvalue weighted by Crippen LogP contribution is -2.43. The maximum atomic E-state index is 10.2. The van der Waals surface area contributed by atoms with Gasteiger partial charge in [0.25, 0.3) is 0 Å². The third-order valence-electron chi connectivity index (χ3n) is 4.40. The number of rotatable bonds is 6. The lowest BCUT2D eigenvalue weighted by Gasteiger charge is -2.33. The molecule has 0 heterocycles. The molecular weight excluding hydrogens is 226 g/mol. The lowest BCUT2D eigenvalue weighted by atomic mass is 9.93. The highest BCUT2D eigenvalue weighted by atomic mass is 16.5. The van der Waals surface area contributed by atoms with Crippen molar-refractivity contribution in [3.8, 4) is 0 Å². The van der Waals surface area contributed by atoms with Crippen molar-refractivity contribution in [3.05, 3.63) is 0 Å². The first kappa shape index (κ1) is 14.3. The van der Waals surface area contributed by atoms with Gasteiger partial charge in [-0.2, -0.15) is 0 Å². The summed E-state index contributed by atoms with van der Waals surface area (Å²) >= 11 is 0. The van der Waals surface area contributed by atoms with Crippen LogP contribution in [0.4, 0.5) is 0 Å². The van der Waals surface area contributed by atoms with E-state index in [1.165, 1.54) is 38.5 Å². The largest absolute Gasteiger partial charge is 0.391 e. The van der Waals surface area contributed by atoms with Gasteiger partial charge in [-0.1, -0.05) is 25.7 Å². The lowest BCUT2D eigenvalue weighted by molar-refractivity contribution is 0.0249. The van der Waals surface area contributed by atoms with Crippen LogP contribution in [-0.2, 0) is 4.74 Å². The SMILES string of the molecule is CN(CCOCC1CC1)C1CCCCCCC1O. The minimum Gasteiger partial charge on any atom is -0.391 e. The normalized spacial score (nSPS) is 30.2. The van der Waals surface area contributed by atoms with E-state index in [2.05, 4.69) is 11.9 Å². The van der Waals surface area contributed by atoms with Crippen molar-refractivity contribution in [2.75, 3.05) is 26.8 Å². The van der Waals surface area contributed by atoms with Crippen LogP contribution in [0.3, 0.4) is 0 Å². The van der Waals surface area contributed by atoms with Crippen LogP contribution >= 0.6 is 0 Å². The molecule has 0 saturated heterocycles. The summed E-state index contributed by atoms with van der Waals surface area (Å²) < 4.78 is 5.69. The van der Waals surface area contributed by atoms with Crippen molar-refractivity contribution in [2.45, 2.75) is 63.5 Å². The van der Waals surface area contributed by atoms with Crippen molar-refractivity contribution in [1.29, 1.82) is 0 Å². The summed E-state index contributed by atoms with van der Waals surface area (Å²) in [6, 6.07) is 0.342. The van der Waals surface area contributed by atoms with Crippen molar-refractivity contribution in [2.24, 2.45) is 5.92 Å². The van der Waals surface area contributed by atoms with Crippen LogP contribution in [0.1, 0.15) is 51.4 Å². The molecular formula is C15H29NO2. The molecule has 0 bridgehead atoms. The van der Waals surface area contributed by atoms with Crippen LogP contribution in [0.25, 0.3) is 0 Å². The molecule has 18 heavy (non-hydrogen) atoms. The van der Waals surface area contributed by atoms with E-state index in [0.717, 1.165) is 38.5 Å². The summed E-state index contributed by atoms with van der Waals surface area (Å²) in [5.74, 6) is 0.849. The Labute approximate surface area is 112 Å². The third kappa shape index (κ3) is 4.87. The molecule has 0 aromatic carbocycles. The van der Waals surface area contributed by atoms with E-state index in [1.54, 1.807) is 0 Å². The first-order valence-corrected chi connectivity index (χ1v) is 7.73. The number of aliphatic hydroxyl groups excluding tert-OH is 1. The predicted molar refractivity (Wildman–Crippen MR) is 73.7 cm³/mol. The first-order valence-electron chi connectivity index (χ1n) is 7.73. The molecule has 2 unspecified atom stereocenters. The van der Waals surface area contributed by atoms with E-state index < -0.39 is 0 Å². The summed E-state index contributed by atoms with van der Waals surface area (Å²) in [6.45, 7) is 2.71. The van der Waals surface area contributed by atoms with Crippen LogP contribution in [-0.4, -0.2) is 49.0 Å². The second kappa shape index (κ2) is 7.46. The van der Waals surface area contributed by atoms with Crippen LogP contribution < -0.4 is 0 Å². The summed E-state index contributed by atoms with van der Waals surface area (Å²) in [5, 5.41) is 10.2. The van der Waals surface area contributed by atoms with Gasteiger partial charge in [0.1, 0.15) is 0 Å². The molecule has 1 N–H and O–H groups in total. The summed E-state index contributed by atoms with van der Waals surface area (Å²) in [4.78, 5) is 2.31. The standard InChI is InChI=1S/C15H29NO2/c1-16(10-11-18-12-13-8-9-13)14-6-4-2-3-5-7-15(14)17/h13-15,17H,2-12H2,1H3. The highest BCUT2D eigenvalue weighted by molar-refractivity contribution is 4.79. The van der Waals surface area contributed by atoms with Gasteiger partial charge in [0.05, 0.1) is 12.7 Å². The molecule has 2 fully saturated rings. The van der Waals surface area contributed by atoms with Crippen molar-refractivity contribution < 1.29 is 9.84 Å². The first-order chi connectivity index (χ1) is 8.77. The van der Waals surface area contributed by atoms with E-state index in [9.17, 15) is 5.11 Å². The molecule has 2 rings (SSSR count). The molecule has 0 aliphatic heterocycles. The molecule has 0 amide bonds. The Hall–Kier alpha value is -0.120. The zero-order chi connectivity index (χ0) is 12.8. The smallest absolute Gasteiger partial charge is 0.0695 e. The molecule has 2 atom stereocenters. The molecule has 106 valence electrons. The number of nitrogens with zero attached hydrogens (tertiary/aromatic N) is 1. The third-order valence-corrected chi connectivity index (χ3v) is 4.40. The van der Waals surface area contributed by atoms with Crippen LogP contribution in [0.15, 0.2) is 0 Å². The minimum atomic E-state index is -0.140. The Morgan fingerprint density at radius 2 is 1.78 bits per heavy atom. The molecule has 0 aromatic heterocycles. The quantitative estimate of drug-likeness (QED) is 0.740. The Morgan fingerprint density at radius 3 is 2.50 bits per heavy atom. The van der Waals surface area contributed by atoms with Crippen molar-refractivity contribution in [3.63, 3.8) is 0 Å². The van der Waals surface area contributed by atoms with Gasteiger partial charge in [-0.05, 0) is 38.6 Å². The zero-order valence-electron chi connectivity index (χ0n) is 11.8. The van der Waals surface area contributed by atoms with E-state index in [-0.39, 0.29) is 6.10 Å². The van der Waals surface area contributed by atoms with Gasteiger partial charge in [0, 0.05) is 19.2 Å². The van der Waals surface area contributed by atoms with Gasteiger partial charge < -0.3 is 9.84 Å². The zero-order valence-corrected chi connectivity index (χ0v) is 11.8. The average Bonchev–Trinajstić information content (AvgIpc) is 3.14. The fourth-order valence-electron chi connectivity index (χ4n) is 2.87. The molecule has 3 heteroatoms. The number of likely N-dealkylation sites (N-methyl/N-ethyl adjacent to an activating group) is 1. The minimum absolute atomic E-state index is 0.140. The van der Waals surface area contributed by atoms with Crippen LogP contribution in [0, 0.1) is 5.92 Å². The summed E-state index contributed by atoms with van der Waals surface area (Å²) in [5.41, 5.74) is 0. The highest BCUT2D eigenvalue weighted by Gasteiger charge is 2.25. The fraction of sp³-hybridized carbons (Fsp3) is 1.00. The van der Waals surface area contributed by atoms with Crippen LogP contribution in [0.5, 0.6) is 0 Å². The Bertz CT molecular complexity index is 231. The second-order valence-electron chi connectivity index (χ2n) is 6.13. The Kier molecular flexibility index (Phi) is 5.93. The van der Waals surface area contributed by atoms with Gasteiger partial charge in [-0.25, -0.2) is 0 Å². The predicted octanol–water partition coefficient (Wildman–Crippen LogP) is 2.43. The molecule has 2 aliphatic carbocycles. The topological polar surface area (TPSA) is 32.7 Å². The molecule has 0 aromatic rings. The number of aliphatic hydroxyl groups is 1. The van der Waals surface area contributed by atoms with Gasteiger partial charge >= 0.3 is 0 Å². The van der Waals surface area contributed by atoms with Gasteiger partial charge in [-0.15, -0.1) is 0 Å². The number of hydrogen-bond acceptors (Lipinski definition) is 3. The van der Waals surface area contributed by atoms with E-state index in [0.29, 0.717) is 6.04 Å².